The van der Waals surface area contributed by atoms with E-state index in [0.717, 1.165) is 31.5 Å². The molecule has 0 bridgehead atoms. The number of nitrogens with zero attached hydrogens (tertiary/aromatic N) is 6. The van der Waals surface area contributed by atoms with Crippen LogP contribution in [-0.4, -0.2) is 38.9 Å². The number of anilines is 1. The Hall–Kier alpha value is -3.75. The molecule has 1 aromatic carbocycles. The molecule has 0 unspecified atom stereocenters. The molecule has 3 heterocycles. The van der Waals surface area contributed by atoms with Crippen molar-refractivity contribution in [1.29, 1.82) is 5.26 Å². The van der Waals surface area contributed by atoms with E-state index in [1.54, 1.807) is 29.3 Å². The fourth-order valence-electron chi connectivity index (χ4n) is 3.31. The molecule has 0 amide bonds. The highest BCUT2D eigenvalue weighted by Gasteiger charge is 2.20. The first-order valence-electron chi connectivity index (χ1n) is 9.62. The van der Waals surface area contributed by atoms with Gasteiger partial charge < -0.3 is 10.6 Å². The average molecular weight is 401 g/mol. The highest BCUT2D eigenvalue weighted by molar-refractivity contribution is 5.69. The minimum absolute atomic E-state index is 0.0129. The van der Waals surface area contributed by atoms with Crippen molar-refractivity contribution in [3.05, 3.63) is 59.3 Å². The van der Waals surface area contributed by atoms with Gasteiger partial charge in [0.15, 0.2) is 0 Å². The van der Waals surface area contributed by atoms with Gasteiger partial charge in [-0.25, -0.2) is 14.4 Å². The Morgan fingerprint density at radius 2 is 1.97 bits per heavy atom. The van der Waals surface area contributed by atoms with E-state index in [-0.39, 0.29) is 11.6 Å². The number of benzene rings is 1. The Kier molecular flexibility index (Phi) is 5.42. The van der Waals surface area contributed by atoms with E-state index in [9.17, 15) is 4.39 Å². The van der Waals surface area contributed by atoms with Crippen molar-refractivity contribution < 1.29 is 4.39 Å². The summed E-state index contributed by atoms with van der Waals surface area (Å²) in [5.74, 6) is 6.09. The second kappa shape index (κ2) is 8.32. The van der Waals surface area contributed by atoms with Crippen LogP contribution in [0.3, 0.4) is 0 Å². The summed E-state index contributed by atoms with van der Waals surface area (Å²) in [7, 11) is 1.82. The van der Waals surface area contributed by atoms with Crippen molar-refractivity contribution in [2.45, 2.75) is 18.9 Å². The standard InChI is InChI=1S/C22H20FN7/c1-29-14-15(12-27-29)2-3-18-13-26-22(30-8-6-19(25)7-9-30)28-21(18)16-4-5-17(11-24)20(23)10-16/h4-5,10,12-14,19H,6-9,25H2,1H3. The van der Waals surface area contributed by atoms with Gasteiger partial charge in [0.1, 0.15) is 11.9 Å². The fraction of sp³-hybridized carbons (Fsp3) is 0.273. The van der Waals surface area contributed by atoms with Crippen molar-refractivity contribution in [3.8, 4) is 29.2 Å². The second-order valence-corrected chi connectivity index (χ2v) is 7.22. The van der Waals surface area contributed by atoms with Crippen LogP contribution >= 0.6 is 0 Å². The molecule has 4 rings (SSSR count). The molecular formula is C22H20FN7. The van der Waals surface area contributed by atoms with Crippen molar-refractivity contribution in [3.63, 3.8) is 0 Å². The summed E-state index contributed by atoms with van der Waals surface area (Å²) in [4.78, 5) is 11.3. The molecule has 1 aliphatic heterocycles. The van der Waals surface area contributed by atoms with Crippen LogP contribution in [0.15, 0.2) is 36.8 Å². The van der Waals surface area contributed by atoms with E-state index in [1.807, 2.05) is 13.1 Å². The third kappa shape index (κ3) is 4.14. The van der Waals surface area contributed by atoms with Crippen molar-refractivity contribution >= 4 is 5.95 Å². The molecule has 150 valence electrons. The SMILES string of the molecule is Cn1cc(C#Cc2cnc(N3CCC(N)CC3)nc2-c2ccc(C#N)c(F)c2)cn1. The smallest absolute Gasteiger partial charge is 0.225 e. The third-order valence-corrected chi connectivity index (χ3v) is 5.01. The van der Waals surface area contributed by atoms with E-state index >= 15 is 0 Å². The van der Waals surface area contributed by atoms with Gasteiger partial charge in [-0.2, -0.15) is 10.4 Å². The summed E-state index contributed by atoms with van der Waals surface area (Å²) < 4.78 is 16.0. The summed E-state index contributed by atoms with van der Waals surface area (Å²) in [6.45, 7) is 1.53. The van der Waals surface area contributed by atoms with Crippen LogP contribution in [0.5, 0.6) is 0 Å². The van der Waals surface area contributed by atoms with Crippen LogP contribution in [0.4, 0.5) is 10.3 Å². The molecular weight excluding hydrogens is 381 g/mol. The summed E-state index contributed by atoms with van der Waals surface area (Å²) in [5.41, 5.74) is 8.37. The Morgan fingerprint density at radius 3 is 2.63 bits per heavy atom. The number of rotatable bonds is 2. The first-order chi connectivity index (χ1) is 14.5. The van der Waals surface area contributed by atoms with Gasteiger partial charge in [0, 0.05) is 44.1 Å². The maximum absolute atomic E-state index is 14.3. The zero-order valence-electron chi connectivity index (χ0n) is 16.5. The Bertz CT molecular complexity index is 1170. The average Bonchev–Trinajstić information content (AvgIpc) is 3.18. The van der Waals surface area contributed by atoms with Crippen LogP contribution in [0, 0.1) is 29.0 Å². The molecule has 1 saturated heterocycles. The van der Waals surface area contributed by atoms with E-state index in [4.69, 9.17) is 16.0 Å². The normalized spacial score (nSPS) is 14.1. The van der Waals surface area contributed by atoms with Crippen molar-refractivity contribution in [1.82, 2.24) is 19.7 Å². The van der Waals surface area contributed by atoms with Gasteiger partial charge in [0.05, 0.1) is 28.6 Å². The number of aryl methyl sites for hydroxylation is 1. The molecule has 30 heavy (non-hydrogen) atoms. The molecule has 0 radical (unpaired) electrons. The molecule has 0 aliphatic carbocycles. The van der Waals surface area contributed by atoms with Gasteiger partial charge in [-0.1, -0.05) is 17.9 Å². The Labute approximate surface area is 174 Å². The van der Waals surface area contributed by atoms with Crippen molar-refractivity contribution in [2.24, 2.45) is 12.8 Å². The minimum Gasteiger partial charge on any atom is -0.341 e. The van der Waals surface area contributed by atoms with Crippen LogP contribution in [0.25, 0.3) is 11.3 Å². The lowest BCUT2D eigenvalue weighted by Gasteiger charge is -2.30. The summed E-state index contributed by atoms with van der Waals surface area (Å²) in [6, 6.07) is 6.47. The summed E-state index contributed by atoms with van der Waals surface area (Å²) >= 11 is 0. The largest absolute Gasteiger partial charge is 0.341 e. The number of piperidine rings is 1. The lowest BCUT2D eigenvalue weighted by Crippen LogP contribution is -2.40. The molecule has 8 heteroatoms. The zero-order valence-corrected chi connectivity index (χ0v) is 16.5. The number of aromatic nitrogens is 4. The monoisotopic (exact) mass is 401 g/mol. The molecule has 0 atom stereocenters. The Balaban J connectivity index is 1.76. The number of nitriles is 1. The first kappa shape index (κ1) is 19.6. The van der Waals surface area contributed by atoms with Gasteiger partial charge in [-0.3, -0.25) is 4.68 Å². The number of nitrogens with two attached hydrogens (primary N) is 1. The highest BCUT2D eigenvalue weighted by Crippen LogP contribution is 2.26. The fourth-order valence-corrected chi connectivity index (χ4v) is 3.31. The molecule has 3 aromatic rings. The predicted octanol–water partition coefficient (Wildman–Crippen LogP) is 2.22. The molecule has 1 fully saturated rings. The first-order valence-corrected chi connectivity index (χ1v) is 9.62. The molecule has 1 aliphatic rings. The lowest BCUT2D eigenvalue weighted by molar-refractivity contribution is 0.495. The van der Waals surface area contributed by atoms with Gasteiger partial charge >= 0.3 is 0 Å². The summed E-state index contributed by atoms with van der Waals surface area (Å²) in [5, 5.41) is 13.1. The van der Waals surface area contributed by atoms with E-state index in [2.05, 4.69) is 26.8 Å². The Morgan fingerprint density at radius 1 is 1.17 bits per heavy atom. The quantitative estimate of drug-likeness (QED) is 0.662. The molecule has 2 N–H and O–H groups in total. The van der Waals surface area contributed by atoms with Crippen LogP contribution in [0.1, 0.15) is 29.5 Å². The van der Waals surface area contributed by atoms with E-state index in [1.165, 1.54) is 12.1 Å². The molecule has 7 nitrogen and oxygen atoms in total. The molecule has 0 spiro atoms. The summed E-state index contributed by atoms with van der Waals surface area (Å²) in [6.07, 6.45) is 6.87. The molecule has 2 aromatic heterocycles. The molecule has 0 saturated carbocycles. The van der Waals surface area contributed by atoms with Crippen molar-refractivity contribution in [2.75, 3.05) is 18.0 Å². The second-order valence-electron chi connectivity index (χ2n) is 7.22. The predicted molar refractivity (Wildman–Crippen MR) is 111 cm³/mol. The van der Waals surface area contributed by atoms with E-state index in [0.29, 0.717) is 22.8 Å². The topological polar surface area (TPSA) is 96.6 Å². The van der Waals surface area contributed by atoms with Crippen LogP contribution in [0.2, 0.25) is 0 Å². The van der Waals surface area contributed by atoms with E-state index < -0.39 is 5.82 Å². The highest BCUT2D eigenvalue weighted by atomic mass is 19.1. The van der Waals surface area contributed by atoms with Crippen LogP contribution in [-0.2, 0) is 7.05 Å². The maximum Gasteiger partial charge on any atom is 0.225 e. The van der Waals surface area contributed by atoms with Gasteiger partial charge in [0.2, 0.25) is 5.95 Å². The zero-order chi connectivity index (χ0) is 21.1. The lowest BCUT2D eigenvalue weighted by atomic mass is 10.0. The number of halogens is 1. The van der Waals surface area contributed by atoms with Gasteiger partial charge in [-0.05, 0) is 25.0 Å². The number of hydrogen-bond donors (Lipinski definition) is 1. The number of hydrogen-bond acceptors (Lipinski definition) is 6. The maximum atomic E-state index is 14.3. The third-order valence-electron chi connectivity index (χ3n) is 5.01. The van der Waals surface area contributed by atoms with Gasteiger partial charge in [-0.15, -0.1) is 0 Å². The minimum atomic E-state index is -0.592. The van der Waals surface area contributed by atoms with Crippen LogP contribution < -0.4 is 10.6 Å². The van der Waals surface area contributed by atoms with Gasteiger partial charge in [0.25, 0.3) is 0 Å².